The van der Waals surface area contributed by atoms with Crippen LogP contribution in [0.15, 0.2) is 60.7 Å². The van der Waals surface area contributed by atoms with Gasteiger partial charge in [0.15, 0.2) is 5.82 Å². The van der Waals surface area contributed by atoms with Crippen molar-refractivity contribution in [2.45, 2.75) is 38.6 Å². The van der Waals surface area contributed by atoms with E-state index in [0.29, 0.717) is 19.5 Å². The van der Waals surface area contributed by atoms with E-state index in [1.54, 1.807) is 0 Å². The summed E-state index contributed by atoms with van der Waals surface area (Å²) in [5, 5.41) is 0. The van der Waals surface area contributed by atoms with Crippen molar-refractivity contribution in [3.05, 3.63) is 77.5 Å². The highest BCUT2D eigenvalue weighted by molar-refractivity contribution is 5.79. The van der Waals surface area contributed by atoms with Crippen LogP contribution in [0.25, 0.3) is 11.4 Å². The van der Waals surface area contributed by atoms with Crippen LogP contribution in [0.2, 0.25) is 0 Å². The van der Waals surface area contributed by atoms with Crippen LogP contribution in [0.5, 0.6) is 0 Å². The Morgan fingerprint density at radius 2 is 1.55 bits per heavy atom. The predicted molar refractivity (Wildman–Crippen MR) is 123 cm³/mol. The lowest BCUT2D eigenvalue weighted by Crippen LogP contribution is -2.39. The van der Waals surface area contributed by atoms with E-state index in [4.69, 9.17) is 9.97 Å². The maximum Gasteiger partial charge on any atom is 0.227 e. The lowest BCUT2D eigenvalue weighted by atomic mass is 10.0. The third-order valence-corrected chi connectivity index (χ3v) is 6.28. The molecular weight excluding hydrogens is 384 g/mol. The largest absolute Gasteiger partial charge is 0.356 e. The van der Waals surface area contributed by atoms with Gasteiger partial charge >= 0.3 is 0 Å². The first-order chi connectivity index (χ1) is 15.3. The molecule has 3 aromatic rings. The second-order valence-corrected chi connectivity index (χ2v) is 8.44. The van der Waals surface area contributed by atoms with Gasteiger partial charge in [-0.3, -0.25) is 4.79 Å². The van der Waals surface area contributed by atoms with E-state index in [1.165, 1.54) is 19.3 Å². The summed E-state index contributed by atoms with van der Waals surface area (Å²) in [7, 11) is 0. The van der Waals surface area contributed by atoms with Crippen molar-refractivity contribution in [3.63, 3.8) is 0 Å². The molecule has 0 bridgehead atoms. The molecule has 3 heterocycles. The first-order valence-electron chi connectivity index (χ1n) is 11.3. The van der Waals surface area contributed by atoms with Gasteiger partial charge in [-0.1, -0.05) is 60.7 Å². The Hall–Kier alpha value is -3.21. The molecule has 0 atom stereocenters. The van der Waals surface area contributed by atoms with Crippen molar-refractivity contribution in [2.24, 2.45) is 0 Å². The quantitative estimate of drug-likeness (QED) is 0.642. The van der Waals surface area contributed by atoms with Crippen LogP contribution < -0.4 is 4.90 Å². The number of carbonyl (C=O) groups excluding carboxylic acids is 1. The number of rotatable bonds is 4. The van der Waals surface area contributed by atoms with Gasteiger partial charge in [0, 0.05) is 37.2 Å². The van der Waals surface area contributed by atoms with E-state index in [2.05, 4.69) is 17.0 Å². The lowest BCUT2D eigenvalue weighted by Gasteiger charge is -2.34. The van der Waals surface area contributed by atoms with Crippen LogP contribution in [-0.2, 0) is 24.2 Å². The summed E-state index contributed by atoms with van der Waals surface area (Å²) >= 11 is 0. The molecule has 0 saturated carbocycles. The second kappa shape index (κ2) is 8.88. The van der Waals surface area contributed by atoms with Crippen LogP contribution in [0.1, 0.15) is 36.1 Å². The Morgan fingerprint density at radius 1 is 0.839 bits per heavy atom. The molecule has 0 N–H and O–H groups in total. The minimum Gasteiger partial charge on any atom is -0.356 e. The van der Waals surface area contributed by atoms with Gasteiger partial charge in [0.05, 0.1) is 18.7 Å². The summed E-state index contributed by atoms with van der Waals surface area (Å²) in [6.45, 7) is 3.36. The molecule has 0 radical (unpaired) electrons. The molecule has 158 valence electrons. The highest BCUT2D eigenvalue weighted by Gasteiger charge is 2.28. The van der Waals surface area contributed by atoms with Crippen molar-refractivity contribution in [1.29, 1.82) is 0 Å². The Morgan fingerprint density at radius 3 is 2.29 bits per heavy atom. The molecule has 31 heavy (non-hydrogen) atoms. The van der Waals surface area contributed by atoms with Crippen LogP contribution in [0, 0.1) is 0 Å². The summed E-state index contributed by atoms with van der Waals surface area (Å²) in [5.41, 5.74) is 4.34. The number of anilines is 1. The van der Waals surface area contributed by atoms with Gasteiger partial charge in [-0.2, -0.15) is 0 Å². The topological polar surface area (TPSA) is 49.3 Å². The minimum atomic E-state index is 0.175. The number of fused-ring (bicyclic) bond motifs is 1. The number of aromatic nitrogens is 2. The Kier molecular flexibility index (Phi) is 5.65. The van der Waals surface area contributed by atoms with Gasteiger partial charge in [0.25, 0.3) is 0 Å². The van der Waals surface area contributed by atoms with E-state index in [9.17, 15) is 4.79 Å². The highest BCUT2D eigenvalue weighted by Crippen LogP contribution is 2.31. The van der Waals surface area contributed by atoms with Crippen molar-refractivity contribution >= 4 is 11.7 Å². The molecule has 0 spiro atoms. The molecule has 0 aliphatic carbocycles. The zero-order valence-corrected chi connectivity index (χ0v) is 17.8. The summed E-state index contributed by atoms with van der Waals surface area (Å²) in [6, 6.07) is 20.2. The third-order valence-electron chi connectivity index (χ3n) is 6.28. The summed E-state index contributed by atoms with van der Waals surface area (Å²) < 4.78 is 0. The number of carbonyl (C=O) groups is 1. The number of piperidine rings is 1. The average molecular weight is 413 g/mol. The van der Waals surface area contributed by atoms with Gasteiger partial charge in [0.2, 0.25) is 5.91 Å². The molecule has 1 aromatic heterocycles. The van der Waals surface area contributed by atoms with Gasteiger partial charge in [0.1, 0.15) is 5.82 Å². The van der Waals surface area contributed by atoms with Gasteiger partial charge in [-0.15, -0.1) is 0 Å². The standard InChI is InChI=1S/C26H28N4O/c31-24(18-20-10-4-1-5-11-20)30-17-14-23-22(19-30)26(29-15-8-3-9-16-29)28-25(27-23)21-12-6-2-7-13-21/h1-2,4-7,10-13H,3,8-9,14-19H2. The highest BCUT2D eigenvalue weighted by atomic mass is 16.2. The lowest BCUT2D eigenvalue weighted by molar-refractivity contribution is -0.131. The normalized spacial score (nSPS) is 16.1. The smallest absolute Gasteiger partial charge is 0.227 e. The SMILES string of the molecule is O=C(Cc1ccccc1)N1CCc2nc(-c3ccccc3)nc(N3CCCCC3)c2C1. The molecule has 2 aliphatic heterocycles. The van der Waals surface area contributed by atoms with Crippen LogP contribution in [0.4, 0.5) is 5.82 Å². The zero-order chi connectivity index (χ0) is 21.0. The van der Waals surface area contributed by atoms with Crippen LogP contribution in [0.3, 0.4) is 0 Å². The first kappa shape index (κ1) is 19.7. The fraction of sp³-hybridized carbons (Fsp3) is 0.346. The fourth-order valence-corrected chi connectivity index (χ4v) is 4.58. The van der Waals surface area contributed by atoms with Crippen LogP contribution >= 0.6 is 0 Å². The van der Waals surface area contributed by atoms with Gasteiger partial charge in [-0.25, -0.2) is 9.97 Å². The monoisotopic (exact) mass is 412 g/mol. The molecule has 2 aliphatic rings. The molecule has 2 aromatic carbocycles. The van der Waals surface area contributed by atoms with E-state index in [-0.39, 0.29) is 5.91 Å². The Bertz CT molecular complexity index is 1050. The molecule has 1 amide bonds. The number of amides is 1. The second-order valence-electron chi connectivity index (χ2n) is 8.44. The number of hydrogen-bond acceptors (Lipinski definition) is 4. The molecule has 1 saturated heterocycles. The van der Waals surface area contributed by atoms with Crippen molar-refractivity contribution in [2.75, 3.05) is 24.5 Å². The Labute approximate surface area is 183 Å². The maximum atomic E-state index is 13.0. The van der Waals surface area contributed by atoms with Gasteiger partial charge < -0.3 is 9.80 Å². The van der Waals surface area contributed by atoms with E-state index >= 15 is 0 Å². The Balaban J connectivity index is 1.46. The van der Waals surface area contributed by atoms with E-state index < -0.39 is 0 Å². The predicted octanol–water partition coefficient (Wildman–Crippen LogP) is 4.26. The molecule has 5 heteroatoms. The fourth-order valence-electron chi connectivity index (χ4n) is 4.58. The van der Waals surface area contributed by atoms with E-state index in [0.717, 1.165) is 53.5 Å². The molecule has 1 fully saturated rings. The number of hydrogen-bond donors (Lipinski definition) is 0. The van der Waals surface area contributed by atoms with Crippen molar-refractivity contribution in [1.82, 2.24) is 14.9 Å². The zero-order valence-electron chi connectivity index (χ0n) is 17.8. The third kappa shape index (κ3) is 4.31. The maximum absolute atomic E-state index is 13.0. The van der Waals surface area contributed by atoms with Crippen molar-refractivity contribution in [3.8, 4) is 11.4 Å². The van der Waals surface area contributed by atoms with Crippen molar-refractivity contribution < 1.29 is 4.79 Å². The molecule has 5 nitrogen and oxygen atoms in total. The number of benzene rings is 2. The average Bonchev–Trinajstić information content (AvgIpc) is 2.84. The summed E-state index contributed by atoms with van der Waals surface area (Å²) in [5.74, 6) is 2.00. The molecule has 0 unspecified atom stereocenters. The summed E-state index contributed by atoms with van der Waals surface area (Å²) in [6.07, 6.45) is 4.88. The minimum absolute atomic E-state index is 0.175. The molecular formula is C26H28N4O. The molecule has 5 rings (SSSR count). The number of nitrogens with zero attached hydrogens (tertiary/aromatic N) is 4. The summed E-state index contributed by atoms with van der Waals surface area (Å²) in [4.78, 5) is 27.4. The van der Waals surface area contributed by atoms with E-state index in [1.807, 2.05) is 53.4 Å². The van der Waals surface area contributed by atoms with Gasteiger partial charge in [-0.05, 0) is 24.8 Å². The van der Waals surface area contributed by atoms with Crippen LogP contribution in [-0.4, -0.2) is 40.4 Å². The first-order valence-corrected chi connectivity index (χ1v) is 11.3.